The van der Waals surface area contributed by atoms with Crippen LogP contribution in [0, 0.1) is 6.92 Å². The highest BCUT2D eigenvalue weighted by Gasteiger charge is 2.25. The summed E-state index contributed by atoms with van der Waals surface area (Å²) in [6.45, 7) is 5.70. The molecule has 6 nitrogen and oxygen atoms in total. The van der Waals surface area contributed by atoms with Crippen molar-refractivity contribution in [3.8, 4) is 10.8 Å². The van der Waals surface area contributed by atoms with E-state index in [1.54, 1.807) is 18.4 Å². The predicted octanol–water partition coefficient (Wildman–Crippen LogP) is 3.04. The lowest BCUT2D eigenvalue weighted by atomic mass is 10.2. The molecule has 0 aromatic carbocycles. The number of rotatable bonds is 6. The molecule has 2 rings (SSSR count). The minimum atomic E-state index is -0.926. The Balaban J connectivity index is 2.25. The second-order valence-electron chi connectivity index (χ2n) is 5.14. The number of nitrogens with zero attached hydrogens (tertiary/aromatic N) is 2. The molecule has 0 radical (unpaired) electrons. The van der Waals surface area contributed by atoms with Gasteiger partial charge < -0.3 is 14.4 Å². The van der Waals surface area contributed by atoms with E-state index in [2.05, 4.69) is 4.98 Å². The highest BCUT2D eigenvalue weighted by molar-refractivity contribution is 7.15. The minimum absolute atomic E-state index is 0.0852. The molecule has 0 spiro atoms. The number of thiazole rings is 1. The van der Waals surface area contributed by atoms with Gasteiger partial charge in [-0.3, -0.25) is 9.59 Å². The fraction of sp³-hybridized carbons (Fsp3) is 0.400. The number of aromatic nitrogens is 1. The van der Waals surface area contributed by atoms with Crippen LogP contribution >= 0.6 is 11.3 Å². The maximum absolute atomic E-state index is 12.6. The van der Waals surface area contributed by atoms with Gasteiger partial charge in [0.05, 0.1) is 12.7 Å². The van der Waals surface area contributed by atoms with E-state index >= 15 is 0 Å². The fourth-order valence-corrected chi connectivity index (χ4v) is 2.92. The molecular weight excluding hydrogens is 304 g/mol. The Morgan fingerprint density at radius 1 is 1.45 bits per heavy atom. The Morgan fingerprint density at radius 3 is 2.73 bits per heavy atom. The molecule has 2 aromatic heterocycles. The molecule has 0 saturated carbocycles. The van der Waals surface area contributed by atoms with Gasteiger partial charge in [0.1, 0.15) is 5.69 Å². The van der Waals surface area contributed by atoms with Crippen molar-refractivity contribution in [1.82, 2.24) is 9.88 Å². The lowest BCUT2D eigenvalue weighted by Crippen LogP contribution is -2.39. The molecule has 22 heavy (non-hydrogen) atoms. The average molecular weight is 322 g/mol. The summed E-state index contributed by atoms with van der Waals surface area (Å²) in [4.78, 5) is 30.1. The number of amides is 1. The monoisotopic (exact) mass is 322 g/mol. The Kier molecular flexibility index (Phi) is 4.97. The van der Waals surface area contributed by atoms with Crippen LogP contribution in [0.25, 0.3) is 10.8 Å². The SMILES string of the molecule is Cc1sc(-c2ccco2)nc1C(=O)N(CCC(=O)O)C(C)C. The summed E-state index contributed by atoms with van der Waals surface area (Å²) in [7, 11) is 0. The molecule has 0 atom stereocenters. The van der Waals surface area contributed by atoms with E-state index in [-0.39, 0.29) is 24.9 Å². The van der Waals surface area contributed by atoms with E-state index < -0.39 is 5.97 Å². The molecule has 1 amide bonds. The van der Waals surface area contributed by atoms with Crippen LogP contribution in [0.4, 0.5) is 0 Å². The van der Waals surface area contributed by atoms with E-state index in [1.807, 2.05) is 20.8 Å². The van der Waals surface area contributed by atoms with Crippen molar-refractivity contribution in [2.24, 2.45) is 0 Å². The van der Waals surface area contributed by atoms with Crippen molar-refractivity contribution in [2.75, 3.05) is 6.54 Å². The predicted molar refractivity (Wildman–Crippen MR) is 83.0 cm³/mol. The van der Waals surface area contributed by atoms with Crippen LogP contribution < -0.4 is 0 Å². The van der Waals surface area contributed by atoms with Gasteiger partial charge in [-0.25, -0.2) is 4.98 Å². The molecule has 118 valence electrons. The maximum atomic E-state index is 12.6. The third kappa shape index (κ3) is 3.54. The summed E-state index contributed by atoms with van der Waals surface area (Å²) >= 11 is 1.39. The smallest absolute Gasteiger partial charge is 0.305 e. The number of hydrogen-bond acceptors (Lipinski definition) is 5. The molecule has 0 saturated heterocycles. The highest BCUT2D eigenvalue weighted by Crippen LogP contribution is 2.28. The highest BCUT2D eigenvalue weighted by atomic mass is 32.1. The lowest BCUT2D eigenvalue weighted by molar-refractivity contribution is -0.137. The largest absolute Gasteiger partial charge is 0.481 e. The number of hydrogen-bond donors (Lipinski definition) is 1. The molecule has 0 aliphatic carbocycles. The molecule has 0 fully saturated rings. The van der Waals surface area contributed by atoms with Crippen molar-refractivity contribution >= 4 is 23.2 Å². The zero-order valence-corrected chi connectivity index (χ0v) is 13.5. The van der Waals surface area contributed by atoms with E-state index in [0.717, 1.165) is 4.88 Å². The molecule has 0 bridgehead atoms. The standard InChI is InChI=1S/C15H18N2O4S/c1-9(2)17(7-6-12(18)19)15(20)13-10(3)22-14(16-13)11-5-4-8-21-11/h4-5,8-9H,6-7H2,1-3H3,(H,18,19). The Labute approximate surface area is 132 Å². The number of carbonyl (C=O) groups is 2. The van der Waals surface area contributed by atoms with Gasteiger partial charge in [-0.15, -0.1) is 11.3 Å². The number of carbonyl (C=O) groups excluding carboxylic acids is 1. The van der Waals surface area contributed by atoms with Crippen molar-refractivity contribution < 1.29 is 19.1 Å². The molecule has 0 aliphatic rings. The molecule has 2 heterocycles. The number of carboxylic acid groups (broad SMARTS) is 1. The Hall–Kier alpha value is -2.15. The summed E-state index contributed by atoms with van der Waals surface area (Å²) in [5.41, 5.74) is 0.357. The zero-order chi connectivity index (χ0) is 16.3. The van der Waals surface area contributed by atoms with Crippen LogP contribution in [-0.4, -0.2) is 39.5 Å². The zero-order valence-electron chi connectivity index (χ0n) is 12.7. The van der Waals surface area contributed by atoms with Gasteiger partial charge >= 0.3 is 5.97 Å². The van der Waals surface area contributed by atoms with E-state index in [9.17, 15) is 9.59 Å². The molecule has 7 heteroatoms. The lowest BCUT2D eigenvalue weighted by Gasteiger charge is -2.25. The van der Waals surface area contributed by atoms with Gasteiger partial charge in [-0.2, -0.15) is 0 Å². The number of aliphatic carboxylic acids is 1. The maximum Gasteiger partial charge on any atom is 0.305 e. The second kappa shape index (κ2) is 6.74. The third-order valence-corrected chi connectivity index (χ3v) is 4.17. The van der Waals surface area contributed by atoms with Gasteiger partial charge in [0.2, 0.25) is 0 Å². The molecule has 0 aliphatic heterocycles. The molecular formula is C15H18N2O4S. The summed E-state index contributed by atoms with van der Waals surface area (Å²) < 4.78 is 5.30. The molecule has 2 aromatic rings. The van der Waals surface area contributed by atoms with Gasteiger partial charge in [0, 0.05) is 17.5 Å². The first-order valence-electron chi connectivity index (χ1n) is 6.94. The van der Waals surface area contributed by atoms with E-state index in [1.165, 1.54) is 16.2 Å². The first kappa shape index (κ1) is 16.2. The summed E-state index contributed by atoms with van der Waals surface area (Å²) in [5, 5.41) is 9.46. The molecule has 1 N–H and O–H groups in total. The summed E-state index contributed by atoms with van der Waals surface area (Å²) in [5.74, 6) is -0.554. The first-order chi connectivity index (χ1) is 10.4. The van der Waals surface area contributed by atoms with Gasteiger partial charge in [-0.1, -0.05) is 0 Å². The van der Waals surface area contributed by atoms with Crippen LogP contribution in [0.15, 0.2) is 22.8 Å². The summed E-state index contributed by atoms with van der Waals surface area (Å²) in [6.07, 6.45) is 1.47. The van der Waals surface area contributed by atoms with Crippen LogP contribution in [0.3, 0.4) is 0 Å². The van der Waals surface area contributed by atoms with Crippen LogP contribution in [0.5, 0.6) is 0 Å². The van der Waals surface area contributed by atoms with Crippen LogP contribution in [-0.2, 0) is 4.79 Å². The van der Waals surface area contributed by atoms with Crippen LogP contribution in [0.1, 0.15) is 35.6 Å². The summed E-state index contributed by atoms with van der Waals surface area (Å²) in [6, 6.07) is 3.46. The minimum Gasteiger partial charge on any atom is -0.481 e. The first-order valence-corrected chi connectivity index (χ1v) is 7.76. The van der Waals surface area contributed by atoms with Gasteiger partial charge in [0.15, 0.2) is 10.8 Å². The fourth-order valence-electron chi connectivity index (χ4n) is 2.05. The average Bonchev–Trinajstić information content (AvgIpc) is 3.06. The van der Waals surface area contributed by atoms with Crippen molar-refractivity contribution in [3.63, 3.8) is 0 Å². The van der Waals surface area contributed by atoms with E-state index in [0.29, 0.717) is 16.5 Å². The van der Waals surface area contributed by atoms with Gasteiger partial charge in [0.25, 0.3) is 5.91 Å². The topological polar surface area (TPSA) is 83.6 Å². The quantitative estimate of drug-likeness (QED) is 0.883. The van der Waals surface area contributed by atoms with Gasteiger partial charge in [-0.05, 0) is 32.9 Å². The van der Waals surface area contributed by atoms with Crippen molar-refractivity contribution in [2.45, 2.75) is 33.2 Å². The third-order valence-electron chi connectivity index (χ3n) is 3.18. The normalized spacial score (nSPS) is 10.9. The number of carboxylic acids is 1. The second-order valence-corrected chi connectivity index (χ2v) is 6.34. The van der Waals surface area contributed by atoms with Crippen LogP contribution in [0.2, 0.25) is 0 Å². The van der Waals surface area contributed by atoms with Crippen molar-refractivity contribution in [3.05, 3.63) is 29.0 Å². The number of aryl methyl sites for hydroxylation is 1. The van der Waals surface area contributed by atoms with E-state index in [4.69, 9.17) is 9.52 Å². The van der Waals surface area contributed by atoms with Crippen molar-refractivity contribution in [1.29, 1.82) is 0 Å². The Morgan fingerprint density at radius 2 is 2.18 bits per heavy atom. The molecule has 0 unspecified atom stereocenters. The number of furan rings is 1. The Bertz CT molecular complexity index is 661.